The fourth-order valence-electron chi connectivity index (χ4n) is 2.50. The number of likely N-dealkylation sites (tertiary alicyclic amines) is 1. The van der Waals surface area contributed by atoms with Gasteiger partial charge < -0.3 is 4.90 Å². The van der Waals surface area contributed by atoms with Gasteiger partial charge in [0, 0.05) is 25.3 Å². The Bertz CT molecular complexity index is 375. The molecule has 0 bridgehead atoms. The summed E-state index contributed by atoms with van der Waals surface area (Å²) in [6.45, 7) is 4.26. The second kappa shape index (κ2) is 4.28. The maximum atomic E-state index is 12.3. The smallest absolute Gasteiger partial charge is 0.257 e. The van der Waals surface area contributed by atoms with Crippen LogP contribution in [0.25, 0.3) is 0 Å². The van der Waals surface area contributed by atoms with Crippen LogP contribution < -0.4 is 0 Å². The van der Waals surface area contributed by atoms with E-state index in [1.165, 1.54) is 6.42 Å². The molecule has 0 radical (unpaired) electrons. The van der Waals surface area contributed by atoms with E-state index < -0.39 is 0 Å². The number of aromatic nitrogens is 2. The van der Waals surface area contributed by atoms with E-state index in [-0.39, 0.29) is 5.91 Å². The normalized spacial score (nSPS) is 25.8. The second-order valence-corrected chi connectivity index (χ2v) is 4.74. The molecule has 2 atom stereocenters. The molecule has 0 saturated carbocycles. The van der Waals surface area contributed by atoms with Crippen molar-refractivity contribution in [1.29, 1.82) is 0 Å². The topological polar surface area (TPSA) is 38.1 Å². The molecular weight excluding hydrogens is 202 g/mol. The number of carbonyl (C=O) groups is 1. The molecule has 1 saturated heterocycles. The predicted molar refractivity (Wildman–Crippen MR) is 62.2 cm³/mol. The third-order valence-electron chi connectivity index (χ3n) is 3.38. The number of nitrogens with zero attached hydrogens (tertiary/aromatic N) is 3. The van der Waals surface area contributed by atoms with Gasteiger partial charge in [-0.2, -0.15) is 5.10 Å². The Morgan fingerprint density at radius 1 is 1.38 bits per heavy atom. The molecule has 88 valence electrons. The van der Waals surface area contributed by atoms with E-state index in [2.05, 4.69) is 18.9 Å². The lowest BCUT2D eigenvalue weighted by Gasteiger charge is -2.38. The van der Waals surface area contributed by atoms with E-state index in [0.29, 0.717) is 17.6 Å². The maximum absolute atomic E-state index is 12.3. The molecule has 4 nitrogen and oxygen atoms in total. The Kier molecular flexibility index (Phi) is 2.99. The average molecular weight is 221 g/mol. The van der Waals surface area contributed by atoms with Gasteiger partial charge in [-0.05, 0) is 33.1 Å². The highest BCUT2D eigenvalue weighted by atomic mass is 16.2. The molecule has 2 rings (SSSR count). The van der Waals surface area contributed by atoms with Crippen LogP contribution in [0.5, 0.6) is 0 Å². The lowest BCUT2D eigenvalue weighted by molar-refractivity contribution is 0.0510. The molecule has 1 aliphatic rings. The maximum Gasteiger partial charge on any atom is 0.257 e. The van der Waals surface area contributed by atoms with Crippen LogP contribution in [0.1, 0.15) is 43.5 Å². The number of aryl methyl sites for hydroxylation is 1. The van der Waals surface area contributed by atoms with Crippen molar-refractivity contribution < 1.29 is 4.79 Å². The quantitative estimate of drug-likeness (QED) is 0.725. The molecule has 1 aromatic heterocycles. The van der Waals surface area contributed by atoms with Crippen molar-refractivity contribution >= 4 is 5.91 Å². The molecule has 2 heterocycles. The van der Waals surface area contributed by atoms with Crippen LogP contribution in [0.3, 0.4) is 0 Å². The second-order valence-electron chi connectivity index (χ2n) is 4.74. The first-order chi connectivity index (χ1) is 7.59. The Hall–Kier alpha value is -1.32. The highest BCUT2D eigenvalue weighted by Crippen LogP contribution is 2.24. The zero-order valence-electron chi connectivity index (χ0n) is 10.2. The summed E-state index contributed by atoms with van der Waals surface area (Å²) in [5, 5.41) is 4.05. The SMILES string of the molecule is CC1CCCC(C)N1C(=O)c1cnn(C)c1. The Morgan fingerprint density at radius 2 is 2.00 bits per heavy atom. The first-order valence-electron chi connectivity index (χ1n) is 5.91. The first kappa shape index (κ1) is 11.2. The van der Waals surface area contributed by atoms with Crippen LogP contribution in [0, 0.1) is 0 Å². The Morgan fingerprint density at radius 3 is 2.50 bits per heavy atom. The number of carbonyl (C=O) groups excluding carboxylic acids is 1. The van der Waals surface area contributed by atoms with Crippen molar-refractivity contribution in [2.75, 3.05) is 0 Å². The molecule has 0 aromatic carbocycles. The summed E-state index contributed by atoms with van der Waals surface area (Å²) in [7, 11) is 1.83. The molecular formula is C12H19N3O. The molecule has 2 unspecified atom stereocenters. The molecule has 0 spiro atoms. The van der Waals surface area contributed by atoms with Crippen molar-refractivity contribution in [3.8, 4) is 0 Å². The van der Waals surface area contributed by atoms with E-state index in [1.54, 1.807) is 17.1 Å². The fourth-order valence-corrected chi connectivity index (χ4v) is 2.50. The predicted octanol–water partition coefficient (Wildman–Crippen LogP) is 1.82. The summed E-state index contributed by atoms with van der Waals surface area (Å²) in [6, 6.07) is 0.688. The highest BCUT2D eigenvalue weighted by Gasteiger charge is 2.29. The van der Waals surface area contributed by atoms with Crippen LogP contribution in [0.15, 0.2) is 12.4 Å². The van der Waals surface area contributed by atoms with Crippen LogP contribution in [-0.2, 0) is 7.05 Å². The molecule has 4 heteroatoms. The molecule has 1 aliphatic heterocycles. The van der Waals surface area contributed by atoms with Gasteiger partial charge in [0.1, 0.15) is 0 Å². The Labute approximate surface area is 96.2 Å². The third kappa shape index (κ3) is 1.96. The van der Waals surface area contributed by atoms with Gasteiger partial charge in [0.15, 0.2) is 0 Å². The average Bonchev–Trinajstić information content (AvgIpc) is 2.64. The van der Waals surface area contributed by atoms with Crippen molar-refractivity contribution in [2.45, 2.75) is 45.2 Å². The fraction of sp³-hybridized carbons (Fsp3) is 0.667. The van der Waals surface area contributed by atoms with E-state index in [4.69, 9.17) is 0 Å². The van der Waals surface area contributed by atoms with Crippen molar-refractivity contribution in [3.63, 3.8) is 0 Å². The summed E-state index contributed by atoms with van der Waals surface area (Å²) in [5.74, 6) is 0.118. The van der Waals surface area contributed by atoms with Gasteiger partial charge in [-0.25, -0.2) is 0 Å². The van der Waals surface area contributed by atoms with Gasteiger partial charge in [0.05, 0.1) is 11.8 Å². The minimum absolute atomic E-state index is 0.118. The number of piperidine rings is 1. The van der Waals surface area contributed by atoms with Crippen LogP contribution in [0.2, 0.25) is 0 Å². The minimum Gasteiger partial charge on any atom is -0.333 e. The number of amides is 1. The zero-order chi connectivity index (χ0) is 11.7. The van der Waals surface area contributed by atoms with Crippen LogP contribution in [0.4, 0.5) is 0 Å². The van der Waals surface area contributed by atoms with Gasteiger partial charge in [0.25, 0.3) is 5.91 Å². The van der Waals surface area contributed by atoms with Crippen molar-refractivity contribution in [2.24, 2.45) is 7.05 Å². The van der Waals surface area contributed by atoms with Crippen LogP contribution >= 0.6 is 0 Å². The van der Waals surface area contributed by atoms with E-state index >= 15 is 0 Å². The molecule has 1 aromatic rings. The Balaban J connectivity index is 2.19. The van der Waals surface area contributed by atoms with E-state index in [1.807, 2.05) is 11.9 Å². The molecule has 1 fully saturated rings. The lowest BCUT2D eigenvalue weighted by Crippen LogP contribution is -2.47. The van der Waals surface area contributed by atoms with E-state index in [9.17, 15) is 4.79 Å². The summed E-state index contributed by atoms with van der Waals surface area (Å²) in [6.07, 6.45) is 6.87. The van der Waals surface area contributed by atoms with Crippen molar-refractivity contribution in [1.82, 2.24) is 14.7 Å². The van der Waals surface area contributed by atoms with Gasteiger partial charge in [-0.3, -0.25) is 9.48 Å². The van der Waals surface area contributed by atoms with Gasteiger partial charge in [-0.1, -0.05) is 0 Å². The molecule has 1 amide bonds. The summed E-state index contributed by atoms with van der Waals surface area (Å²) in [4.78, 5) is 14.3. The monoisotopic (exact) mass is 221 g/mol. The number of hydrogen-bond acceptors (Lipinski definition) is 2. The van der Waals surface area contributed by atoms with Gasteiger partial charge in [-0.15, -0.1) is 0 Å². The largest absolute Gasteiger partial charge is 0.333 e. The molecule has 0 N–H and O–H groups in total. The van der Waals surface area contributed by atoms with E-state index in [0.717, 1.165) is 12.8 Å². The summed E-state index contributed by atoms with van der Waals surface area (Å²) < 4.78 is 1.67. The minimum atomic E-state index is 0.118. The van der Waals surface area contributed by atoms with Gasteiger partial charge >= 0.3 is 0 Å². The lowest BCUT2D eigenvalue weighted by atomic mass is 9.97. The number of hydrogen-bond donors (Lipinski definition) is 0. The van der Waals surface area contributed by atoms with Crippen molar-refractivity contribution in [3.05, 3.63) is 18.0 Å². The standard InChI is InChI=1S/C12H19N3O/c1-9-5-4-6-10(2)15(9)12(16)11-7-13-14(3)8-11/h7-10H,4-6H2,1-3H3. The molecule has 0 aliphatic carbocycles. The highest BCUT2D eigenvalue weighted by molar-refractivity contribution is 5.94. The summed E-state index contributed by atoms with van der Waals surface area (Å²) >= 11 is 0. The zero-order valence-corrected chi connectivity index (χ0v) is 10.2. The third-order valence-corrected chi connectivity index (χ3v) is 3.38. The van der Waals surface area contributed by atoms with Crippen LogP contribution in [-0.4, -0.2) is 32.7 Å². The van der Waals surface area contributed by atoms with Gasteiger partial charge in [0.2, 0.25) is 0 Å². The first-order valence-corrected chi connectivity index (χ1v) is 5.91. The number of rotatable bonds is 1. The summed E-state index contributed by atoms with van der Waals surface area (Å²) in [5.41, 5.74) is 0.697. The molecule has 16 heavy (non-hydrogen) atoms.